The monoisotopic (exact) mass is 234 g/mol. The van der Waals surface area contributed by atoms with Crippen LogP contribution >= 0.6 is 9.24 Å². The van der Waals surface area contributed by atoms with Crippen molar-refractivity contribution in [3.05, 3.63) is 34.9 Å². The number of hydrogen-bond donors (Lipinski definition) is 0. The van der Waals surface area contributed by atoms with Gasteiger partial charge in [-0.25, -0.2) is 0 Å². The summed E-state index contributed by atoms with van der Waals surface area (Å²) in [6, 6.07) is 7.06. The predicted octanol–water partition coefficient (Wildman–Crippen LogP) is 4.41. The lowest BCUT2D eigenvalue weighted by Gasteiger charge is -2.42. The summed E-state index contributed by atoms with van der Waals surface area (Å²) >= 11 is 0. The standard InChI is InChI=1S/C15H23P/c1-14(2)7-8-15(3,4)13-9-11(10-16)5-6-12(13)14/h5-6,9H,7-8,10,16H2,1-4H3. The van der Waals surface area contributed by atoms with E-state index in [1.54, 1.807) is 11.1 Å². The first-order chi connectivity index (χ1) is 7.37. The van der Waals surface area contributed by atoms with Crippen LogP contribution in [0.25, 0.3) is 0 Å². The van der Waals surface area contributed by atoms with E-state index in [1.165, 1.54) is 18.4 Å². The Hall–Kier alpha value is -0.350. The van der Waals surface area contributed by atoms with Gasteiger partial charge in [0.2, 0.25) is 0 Å². The Morgan fingerprint density at radius 3 is 2.12 bits per heavy atom. The molecule has 1 atom stereocenters. The molecule has 1 unspecified atom stereocenters. The summed E-state index contributed by atoms with van der Waals surface area (Å²) in [5.74, 6) is 0. The summed E-state index contributed by atoms with van der Waals surface area (Å²) in [4.78, 5) is 0. The maximum atomic E-state index is 2.82. The zero-order valence-electron chi connectivity index (χ0n) is 10.9. The van der Waals surface area contributed by atoms with Gasteiger partial charge in [0, 0.05) is 0 Å². The van der Waals surface area contributed by atoms with E-state index in [4.69, 9.17) is 0 Å². The molecule has 88 valence electrons. The van der Waals surface area contributed by atoms with Crippen LogP contribution in [-0.4, -0.2) is 0 Å². The zero-order valence-corrected chi connectivity index (χ0v) is 12.1. The first kappa shape index (κ1) is 12.1. The smallest absolute Gasteiger partial charge is 0.0100 e. The van der Waals surface area contributed by atoms with Crippen LogP contribution in [0.1, 0.15) is 57.2 Å². The summed E-state index contributed by atoms with van der Waals surface area (Å²) in [7, 11) is 2.82. The third-order valence-corrected chi connectivity index (χ3v) is 4.62. The van der Waals surface area contributed by atoms with E-state index in [0.29, 0.717) is 10.8 Å². The molecule has 0 N–H and O–H groups in total. The van der Waals surface area contributed by atoms with Crippen molar-refractivity contribution in [1.29, 1.82) is 0 Å². The fourth-order valence-corrected chi connectivity index (χ4v) is 3.02. The molecule has 0 nitrogen and oxygen atoms in total. The van der Waals surface area contributed by atoms with Gasteiger partial charge in [0.05, 0.1) is 0 Å². The summed E-state index contributed by atoms with van der Waals surface area (Å²) in [5, 5.41) is 0. The zero-order chi connectivity index (χ0) is 12.0. The van der Waals surface area contributed by atoms with E-state index in [-0.39, 0.29) is 0 Å². The lowest BCUT2D eigenvalue weighted by molar-refractivity contribution is 0.331. The van der Waals surface area contributed by atoms with Crippen molar-refractivity contribution >= 4 is 9.24 Å². The van der Waals surface area contributed by atoms with Gasteiger partial charge in [-0.05, 0) is 46.5 Å². The van der Waals surface area contributed by atoms with Crippen molar-refractivity contribution in [1.82, 2.24) is 0 Å². The highest BCUT2D eigenvalue weighted by molar-refractivity contribution is 7.15. The van der Waals surface area contributed by atoms with Crippen LogP contribution in [0.5, 0.6) is 0 Å². The Kier molecular flexibility index (Phi) is 2.91. The molecule has 1 heteroatoms. The molecule has 1 aromatic rings. The van der Waals surface area contributed by atoms with Crippen LogP contribution in [0.15, 0.2) is 18.2 Å². The molecule has 1 aliphatic carbocycles. The van der Waals surface area contributed by atoms with E-state index in [1.807, 2.05) is 0 Å². The Bertz CT molecular complexity index is 402. The van der Waals surface area contributed by atoms with Crippen molar-refractivity contribution in [3.63, 3.8) is 0 Å². The Morgan fingerprint density at radius 1 is 1.00 bits per heavy atom. The molecule has 0 radical (unpaired) electrons. The summed E-state index contributed by atoms with van der Waals surface area (Å²) in [6.07, 6.45) is 3.66. The molecule has 0 amide bonds. The fraction of sp³-hybridized carbons (Fsp3) is 0.600. The second-order valence-electron chi connectivity index (χ2n) is 6.35. The van der Waals surface area contributed by atoms with Gasteiger partial charge in [0.15, 0.2) is 0 Å². The highest BCUT2D eigenvalue weighted by Gasteiger charge is 2.36. The average Bonchev–Trinajstić information content (AvgIpc) is 2.24. The van der Waals surface area contributed by atoms with Crippen molar-refractivity contribution in [2.75, 3.05) is 0 Å². The highest BCUT2D eigenvalue weighted by atomic mass is 31.0. The topological polar surface area (TPSA) is 0 Å². The van der Waals surface area contributed by atoms with Gasteiger partial charge >= 0.3 is 0 Å². The molecule has 0 spiro atoms. The lowest BCUT2D eigenvalue weighted by Crippen LogP contribution is -2.33. The molecular weight excluding hydrogens is 211 g/mol. The maximum Gasteiger partial charge on any atom is -0.0100 e. The third kappa shape index (κ3) is 1.93. The number of hydrogen-bond acceptors (Lipinski definition) is 0. The van der Waals surface area contributed by atoms with Gasteiger partial charge in [0.1, 0.15) is 0 Å². The number of benzene rings is 1. The van der Waals surface area contributed by atoms with Gasteiger partial charge in [0.25, 0.3) is 0 Å². The van der Waals surface area contributed by atoms with Crippen molar-refractivity contribution in [2.45, 2.75) is 57.5 Å². The summed E-state index contributed by atoms with van der Waals surface area (Å²) in [6.45, 7) is 9.52. The highest BCUT2D eigenvalue weighted by Crippen LogP contribution is 2.45. The second-order valence-corrected chi connectivity index (χ2v) is 6.76. The molecule has 0 saturated heterocycles. The number of rotatable bonds is 1. The summed E-state index contributed by atoms with van der Waals surface area (Å²) < 4.78 is 0. The molecular formula is C15H23P. The quantitative estimate of drug-likeness (QED) is 0.631. The molecule has 0 bridgehead atoms. The van der Waals surface area contributed by atoms with E-state index in [2.05, 4.69) is 55.1 Å². The molecule has 1 aliphatic rings. The van der Waals surface area contributed by atoms with Crippen LogP contribution in [0.2, 0.25) is 0 Å². The van der Waals surface area contributed by atoms with Gasteiger partial charge in [-0.3, -0.25) is 0 Å². The average molecular weight is 234 g/mol. The molecule has 0 saturated carbocycles. The number of fused-ring (bicyclic) bond motifs is 1. The van der Waals surface area contributed by atoms with Crippen molar-refractivity contribution < 1.29 is 0 Å². The normalized spacial score (nSPS) is 21.6. The summed E-state index contributed by atoms with van der Waals surface area (Å²) in [5.41, 5.74) is 5.27. The Labute approximate surface area is 102 Å². The van der Waals surface area contributed by atoms with E-state index >= 15 is 0 Å². The first-order valence-corrected chi connectivity index (χ1v) is 7.02. The van der Waals surface area contributed by atoms with Gasteiger partial charge in [-0.1, -0.05) is 45.9 Å². The minimum absolute atomic E-state index is 0.348. The van der Waals surface area contributed by atoms with Crippen molar-refractivity contribution in [3.8, 4) is 0 Å². The lowest BCUT2D eigenvalue weighted by atomic mass is 9.63. The Morgan fingerprint density at radius 2 is 1.56 bits per heavy atom. The van der Waals surface area contributed by atoms with Gasteiger partial charge in [-0.2, -0.15) is 0 Å². The van der Waals surface area contributed by atoms with Gasteiger partial charge < -0.3 is 0 Å². The molecule has 16 heavy (non-hydrogen) atoms. The van der Waals surface area contributed by atoms with Crippen LogP contribution < -0.4 is 0 Å². The fourth-order valence-electron chi connectivity index (χ4n) is 2.76. The minimum Gasteiger partial charge on any atom is -0.133 e. The molecule has 0 aliphatic heterocycles. The molecule has 1 aromatic carbocycles. The SMILES string of the molecule is CC1(C)CCC(C)(C)c2cc(CP)ccc21. The predicted molar refractivity (Wildman–Crippen MR) is 75.1 cm³/mol. The Balaban J connectivity index is 2.60. The molecule has 0 heterocycles. The second kappa shape index (κ2) is 3.84. The van der Waals surface area contributed by atoms with Crippen molar-refractivity contribution in [2.24, 2.45) is 0 Å². The molecule has 0 fully saturated rings. The van der Waals surface area contributed by atoms with Crippen LogP contribution in [0.3, 0.4) is 0 Å². The van der Waals surface area contributed by atoms with Crippen LogP contribution in [0, 0.1) is 0 Å². The first-order valence-electron chi connectivity index (χ1n) is 6.21. The van der Waals surface area contributed by atoms with Crippen LogP contribution in [0.4, 0.5) is 0 Å². The molecule has 2 rings (SSSR count). The van der Waals surface area contributed by atoms with Crippen LogP contribution in [-0.2, 0) is 17.0 Å². The van der Waals surface area contributed by atoms with Gasteiger partial charge in [-0.15, -0.1) is 9.24 Å². The third-order valence-electron chi connectivity index (χ3n) is 4.15. The maximum absolute atomic E-state index is 2.82. The van der Waals surface area contributed by atoms with E-state index in [0.717, 1.165) is 6.16 Å². The van der Waals surface area contributed by atoms with E-state index < -0.39 is 0 Å². The minimum atomic E-state index is 0.348. The largest absolute Gasteiger partial charge is 0.133 e. The van der Waals surface area contributed by atoms with E-state index in [9.17, 15) is 0 Å². The molecule has 0 aromatic heterocycles.